The maximum Gasteiger partial charge on any atom is 0.416 e. The fourth-order valence-electron chi connectivity index (χ4n) is 1.89. The summed E-state index contributed by atoms with van der Waals surface area (Å²) in [4.78, 5) is 13.4. The van der Waals surface area contributed by atoms with E-state index in [1.54, 1.807) is 11.9 Å². The van der Waals surface area contributed by atoms with Gasteiger partial charge in [-0.2, -0.15) is 13.2 Å². The fraction of sp³-hybridized carbons (Fsp3) is 0.500. The minimum Gasteiger partial charge on any atom is -0.484 e. The molecule has 1 saturated carbocycles. The Balaban J connectivity index is 1.97. The summed E-state index contributed by atoms with van der Waals surface area (Å²) >= 11 is 0. The molecule has 0 atom stereocenters. The molecule has 2 rings (SSSR count). The van der Waals surface area contributed by atoms with Crippen LogP contribution in [0.3, 0.4) is 0 Å². The average Bonchev–Trinajstić information content (AvgIpc) is 3.19. The molecule has 1 aliphatic carbocycles. The number of rotatable bonds is 4. The van der Waals surface area contributed by atoms with Crippen LogP contribution in [0.5, 0.6) is 5.75 Å². The van der Waals surface area contributed by atoms with E-state index in [1.807, 2.05) is 0 Å². The standard InChI is InChI=1S/C14H16F3NO2/c1-9-7-10(14(15,16)17)3-6-12(9)20-8-13(19)18(2)11-4-5-11/h3,6-7,11H,4-5,8H2,1-2H3. The summed E-state index contributed by atoms with van der Waals surface area (Å²) in [6.07, 6.45) is -2.37. The molecule has 0 saturated heterocycles. The van der Waals surface area contributed by atoms with Gasteiger partial charge in [0.05, 0.1) is 5.56 Å². The van der Waals surface area contributed by atoms with E-state index in [2.05, 4.69) is 0 Å². The van der Waals surface area contributed by atoms with E-state index in [0.29, 0.717) is 17.4 Å². The molecule has 110 valence electrons. The number of nitrogens with zero attached hydrogens (tertiary/aromatic N) is 1. The van der Waals surface area contributed by atoms with Crippen LogP contribution in [0, 0.1) is 6.92 Å². The first-order valence-corrected chi connectivity index (χ1v) is 6.35. The first-order valence-electron chi connectivity index (χ1n) is 6.35. The van der Waals surface area contributed by atoms with E-state index in [4.69, 9.17) is 4.74 Å². The SMILES string of the molecule is Cc1cc(C(F)(F)F)ccc1OCC(=O)N(C)C1CC1. The summed E-state index contributed by atoms with van der Waals surface area (Å²) in [5.41, 5.74) is -0.356. The minimum atomic E-state index is -4.37. The topological polar surface area (TPSA) is 29.5 Å². The Hall–Kier alpha value is -1.72. The second-order valence-corrected chi connectivity index (χ2v) is 5.00. The zero-order chi connectivity index (χ0) is 14.9. The van der Waals surface area contributed by atoms with Crippen LogP contribution in [0.15, 0.2) is 18.2 Å². The van der Waals surface area contributed by atoms with Gasteiger partial charge in [-0.05, 0) is 43.5 Å². The van der Waals surface area contributed by atoms with Crippen LogP contribution in [-0.2, 0) is 11.0 Å². The van der Waals surface area contributed by atoms with Gasteiger partial charge in [0.1, 0.15) is 5.75 Å². The number of hydrogen-bond acceptors (Lipinski definition) is 2. The van der Waals surface area contributed by atoms with Crippen molar-refractivity contribution in [3.63, 3.8) is 0 Å². The summed E-state index contributed by atoms with van der Waals surface area (Å²) in [6.45, 7) is 1.37. The third kappa shape index (κ3) is 3.43. The van der Waals surface area contributed by atoms with E-state index in [0.717, 1.165) is 25.0 Å². The van der Waals surface area contributed by atoms with Crippen molar-refractivity contribution in [3.8, 4) is 5.75 Å². The molecule has 0 aromatic heterocycles. The van der Waals surface area contributed by atoms with Crippen molar-refractivity contribution in [3.05, 3.63) is 29.3 Å². The maximum atomic E-state index is 12.5. The Morgan fingerprint density at radius 1 is 1.40 bits per heavy atom. The van der Waals surface area contributed by atoms with Crippen molar-refractivity contribution in [1.82, 2.24) is 4.90 Å². The molecule has 1 fully saturated rings. The van der Waals surface area contributed by atoms with E-state index in [9.17, 15) is 18.0 Å². The van der Waals surface area contributed by atoms with Gasteiger partial charge in [-0.25, -0.2) is 0 Å². The fourth-order valence-corrected chi connectivity index (χ4v) is 1.89. The molecule has 0 bridgehead atoms. The van der Waals surface area contributed by atoms with Crippen LogP contribution in [0.1, 0.15) is 24.0 Å². The zero-order valence-electron chi connectivity index (χ0n) is 11.3. The van der Waals surface area contributed by atoms with Crippen molar-refractivity contribution in [2.75, 3.05) is 13.7 Å². The molecule has 1 amide bonds. The molecule has 1 aliphatic rings. The second kappa shape index (κ2) is 5.34. The molecule has 0 radical (unpaired) electrons. The van der Waals surface area contributed by atoms with Gasteiger partial charge in [-0.3, -0.25) is 4.79 Å². The Kier molecular flexibility index (Phi) is 3.92. The van der Waals surface area contributed by atoms with Gasteiger partial charge in [0.15, 0.2) is 6.61 Å². The van der Waals surface area contributed by atoms with Gasteiger partial charge >= 0.3 is 6.18 Å². The highest BCUT2D eigenvalue weighted by Crippen LogP contribution is 2.32. The third-order valence-corrected chi connectivity index (χ3v) is 3.34. The van der Waals surface area contributed by atoms with Gasteiger partial charge in [-0.15, -0.1) is 0 Å². The highest BCUT2D eigenvalue weighted by molar-refractivity contribution is 5.78. The summed E-state index contributed by atoms with van der Waals surface area (Å²) in [7, 11) is 1.71. The Bertz CT molecular complexity index is 510. The number of amides is 1. The molecular formula is C14H16F3NO2. The predicted molar refractivity (Wildman–Crippen MR) is 67.5 cm³/mol. The summed E-state index contributed by atoms with van der Waals surface area (Å²) in [5, 5.41) is 0. The number of alkyl halides is 3. The number of carbonyl (C=O) groups excluding carboxylic acids is 1. The largest absolute Gasteiger partial charge is 0.484 e. The summed E-state index contributed by atoms with van der Waals surface area (Å²) < 4.78 is 42.8. The van der Waals surface area contributed by atoms with E-state index >= 15 is 0 Å². The van der Waals surface area contributed by atoms with Crippen LogP contribution in [0.4, 0.5) is 13.2 Å². The molecule has 0 aliphatic heterocycles. The monoisotopic (exact) mass is 287 g/mol. The second-order valence-electron chi connectivity index (χ2n) is 5.00. The number of hydrogen-bond donors (Lipinski definition) is 0. The van der Waals surface area contributed by atoms with Crippen LogP contribution >= 0.6 is 0 Å². The Labute approximate surface area is 115 Å². The van der Waals surface area contributed by atoms with Gasteiger partial charge in [0.2, 0.25) is 0 Å². The molecule has 3 nitrogen and oxygen atoms in total. The van der Waals surface area contributed by atoms with Crippen molar-refractivity contribution >= 4 is 5.91 Å². The smallest absolute Gasteiger partial charge is 0.416 e. The van der Waals surface area contributed by atoms with Crippen molar-refractivity contribution in [1.29, 1.82) is 0 Å². The highest BCUT2D eigenvalue weighted by atomic mass is 19.4. The Morgan fingerprint density at radius 2 is 2.05 bits per heavy atom. The van der Waals surface area contributed by atoms with Crippen molar-refractivity contribution in [2.24, 2.45) is 0 Å². The van der Waals surface area contributed by atoms with Crippen LogP contribution in [-0.4, -0.2) is 30.5 Å². The molecule has 0 spiro atoms. The minimum absolute atomic E-state index is 0.154. The zero-order valence-corrected chi connectivity index (χ0v) is 11.3. The van der Waals surface area contributed by atoms with E-state index in [1.165, 1.54) is 13.0 Å². The lowest BCUT2D eigenvalue weighted by Gasteiger charge is -2.17. The number of benzene rings is 1. The van der Waals surface area contributed by atoms with Gasteiger partial charge < -0.3 is 9.64 Å². The van der Waals surface area contributed by atoms with Gasteiger partial charge in [0.25, 0.3) is 5.91 Å². The number of aryl methyl sites for hydroxylation is 1. The molecule has 6 heteroatoms. The van der Waals surface area contributed by atoms with Crippen molar-refractivity contribution in [2.45, 2.75) is 32.0 Å². The molecule has 1 aromatic carbocycles. The molecule has 0 unspecified atom stereocenters. The number of halogens is 3. The molecular weight excluding hydrogens is 271 g/mol. The van der Waals surface area contributed by atoms with Gasteiger partial charge in [0, 0.05) is 13.1 Å². The Morgan fingerprint density at radius 3 is 2.55 bits per heavy atom. The quantitative estimate of drug-likeness (QED) is 0.852. The van der Waals surface area contributed by atoms with Gasteiger partial charge in [-0.1, -0.05) is 0 Å². The molecule has 0 heterocycles. The number of likely N-dealkylation sites (N-methyl/N-ethyl adjacent to an activating group) is 1. The lowest BCUT2D eigenvalue weighted by Crippen LogP contribution is -2.33. The predicted octanol–water partition coefficient (Wildman–Crippen LogP) is 3.01. The molecule has 1 aromatic rings. The molecule has 0 N–H and O–H groups in total. The highest BCUT2D eigenvalue weighted by Gasteiger charge is 2.31. The van der Waals surface area contributed by atoms with Crippen LogP contribution < -0.4 is 4.74 Å². The van der Waals surface area contributed by atoms with Crippen LogP contribution in [0.2, 0.25) is 0 Å². The summed E-state index contributed by atoms with van der Waals surface area (Å²) in [6, 6.07) is 3.52. The first kappa shape index (κ1) is 14.7. The van der Waals surface area contributed by atoms with Crippen LogP contribution in [0.25, 0.3) is 0 Å². The normalized spacial score (nSPS) is 15.1. The number of ether oxygens (including phenoxy) is 1. The van der Waals surface area contributed by atoms with E-state index < -0.39 is 11.7 Å². The average molecular weight is 287 g/mol. The van der Waals surface area contributed by atoms with E-state index in [-0.39, 0.29) is 12.5 Å². The lowest BCUT2D eigenvalue weighted by atomic mass is 10.1. The van der Waals surface area contributed by atoms with Crippen molar-refractivity contribution < 1.29 is 22.7 Å². The summed E-state index contributed by atoms with van der Waals surface area (Å²) in [5.74, 6) is 0.141. The first-order chi connectivity index (χ1) is 9.29. The number of carbonyl (C=O) groups is 1. The maximum absolute atomic E-state index is 12.5. The molecule has 20 heavy (non-hydrogen) atoms. The lowest BCUT2D eigenvalue weighted by molar-refractivity contribution is -0.137. The third-order valence-electron chi connectivity index (χ3n) is 3.34.